The van der Waals surface area contributed by atoms with Crippen LogP contribution in [0.5, 0.6) is 5.75 Å². The van der Waals surface area contributed by atoms with Crippen molar-refractivity contribution in [2.75, 3.05) is 0 Å². The molecule has 0 saturated carbocycles. The second-order valence-corrected chi connectivity index (χ2v) is 14.4. The molecule has 1 aliphatic heterocycles. The Morgan fingerprint density at radius 2 is 1.40 bits per heavy atom. The van der Waals surface area contributed by atoms with E-state index in [2.05, 4.69) is 6.58 Å². The van der Waals surface area contributed by atoms with Crippen molar-refractivity contribution in [3.63, 3.8) is 0 Å². The van der Waals surface area contributed by atoms with Gasteiger partial charge in [-0.15, -0.1) is 0 Å². The van der Waals surface area contributed by atoms with Crippen molar-refractivity contribution >= 4 is 38.4 Å². The Hall–Kier alpha value is -4.67. The molecule has 1 heterocycles. The van der Waals surface area contributed by atoms with Crippen molar-refractivity contribution in [2.45, 2.75) is 50.1 Å². The SMILES string of the molecule is C=C(C)C(C(=O)OC(c1ccccc1)c1ccccc1)N1C(=O)C(N(Oc2ccc(C)cc2)C(C)=O)C1S(=O)SCc1ccccc1. The summed E-state index contributed by atoms with van der Waals surface area (Å²) < 4.78 is 20.3. The fourth-order valence-electron chi connectivity index (χ4n) is 5.28. The van der Waals surface area contributed by atoms with Crippen LogP contribution in [0, 0.1) is 6.92 Å². The number of hydrogen-bond donors (Lipinski definition) is 0. The maximum absolute atomic E-state index is 14.1. The summed E-state index contributed by atoms with van der Waals surface area (Å²) in [6.45, 7) is 8.83. The summed E-state index contributed by atoms with van der Waals surface area (Å²) >= 11 is 0. The first-order valence-electron chi connectivity index (χ1n) is 15.1. The van der Waals surface area contributed by atoms with Crippen LogP contribution in [0.2, 0.25) is 0 Å². The summed E-state index contributed by atoms with van der Waals surface area (Å²) in [7, 11) is -0.686. The summed E-state index contributed by atoms with van der Waals surface area (Å²) in [6.07, 6.45) is -0.770. The van der Waals surface area contributed by atoms with E-state index >= 15 is 0 Å². The lowest BCUT2D eigenvalue weighted by Crippen LogP contribution is -2.76. The van der Waals surface area contributed by atoms with E-state index in [1.54, 1.807) is 19.1 Å². The molecule has 1 aliphatic rings. The number of esters is 1. The Morgan fingerprint density at radius 1 is 0.872 bits per heavy atom. The standard InChI is InChI=1S/C37H36N2O6S2/c1-25(2)32(37(42)44-34(29-16-10-6-11-17-29)30-18-12-7-13-19-30)38-35(41)33(36(38)47(43)46-24-28-14-8-5-9-15-28)39(27(4)40)45-31-22-20-26(3)21-23-31/h5-23,32-34,36H,1,24H2,2-4H3. The van der Waals surface area contributed by atoms with Crippen LogP contribution in [0.25, 0.3) is 0 Å². The molecule has 5 rings (SSSR count). The molecule has 4 unspecified atom stereocenters. The number of carbonyl (C=O) groups excluding carboxylic acids is 3. The first kappa shape index (κ1) is 33.7. The van der Waals surface area contributed by atoms with Crippen molar-refractivity contribution in [2.24, 2.45) is 0 Å². The molecule has 1 fully saturated rings. The van der Waals surface area contributed by atoms with Gasteiger partial charge in [0, 0.05) is 12.7 Å². The Labute approximate surface area is 281 Å². The van der Waals surface area contributed by atoms with E-state index in [0.29, 0.717) is 17.1 Å². The number of hydroxylamine groups is 2. The molecule has 2 amide bonds. The number of aryl methyl sites for hydroxylation is 1. The van der Waals surface area contributed by atoms with Crippen LogP contribution < -0.4 is 4.84 Å². The molecule has 4 atom stereocenters. The van der Waals surface area contributed by atoms with E-state index in [0.717, 1.165) is 38.1 Å². The van der Waals surface area contributed by atoms with E-state index in [4.69, 9.17) is 9.57 Å². The maximum atomic E-state index is 14.1. The Bertz CT molecular complexity index is 1700. The second kappa shape index (κ2) is 15.3. The molecule has 10 heteroatoms. The van der Waals surface area contributed by atoms with Gasteiger partial charge in [-0.25, -0.2) is 9.00 Å². The molecule has 1 saturated heterocycles. The van der Waals surface area contributed by atoms with Gasteiger partial charge in [0.1, 0.15) is 9.83 Å². The van der Waals surface area contributed by atoms with Crippen LogP contribution in [0.1, 0.15) is 42.2 Å². The zero-order valence-corrected chi connectivity index (χ0v) is 28.0. The molecule has 0 spiro atoms. The van der Waals surface area contributed by atoms with Gasteiger partial charge in [-0.1, -0.05) is 126 Å². The van der Waals surface area contributed by atoms with E-state index in [9.17, 15) is 18.6 Å². The predicted octanol–water partition coefficient (Wildman–Crippen LogP) is 6.55. The van der Waals surface area contributed by atoms with Crippen LogP contribution in [-0.2, 0) is 34.7 Å². The molecule has 8 nitrogen and oxygen atoms in total. The third kappa shape index (κ3) is 7.84. The fraction of sp³-hybridized carbons (Fsp3) is 0.216. The van der Waals surface area contributed by atoms with Crippen molar-refractivity contribution in [1.82, 2.24) is 9.96 Å². The molecule has 242 valence electrons. The van der Waals surface area contributed by atoms with Gasteiger partial charge in [-0.2, -0.15) is 5.06 Å². The average molecular weight is 669 g/mol. The smallest absolute Gasteiger partial charge is 0.334 e. The van der Waals surface area contributed by atoms with E-state index in [1.165, 1.54) is 11.8 Å². The van der Waals surface area contributed by atoms with Crippen molar-refractivity contribution in [1.29, 1.82) is 0 Å². The third-order valence-corrected chi connectivity index (χ3v) is 10.8. The lowest BCUT2D eigenvalue weighted by Gasteiger charge is -2.51. The first-order valence-corrected chi connectivity index (χ1v) is 17.8. The fourth-order valence-corrected chi connectivity index (χ4v) is 8.48. The van der Waals surface area contributed by atoms with Gasteiger partial charge in [0.2, 0.25) is 0 Å². The highest BCUT2D eigenvalue weighted by Gasteiger charge is 2.60. The maximum Gasteiger partial charge on any atom is 0.334 e. The molecule has 4 aromatic rings. The number of amides is 2. The number of β-lactam (4-membered cyclic amide) rings is 1. The van der Waals surface area contributed by atoms with Crippen molar-refractivity contribution in [3.8, 4) is 5.75 Å². The van der Waals surface area contributed by atoms with Crippen molar-refractivity contribution < 1.29 is 28.2 Å². The topological polar surface area (TPSA) is 93.2 Å². The number of ether oxygens (including phenoxy) is 1. The Morgan fingerprint density at radius 3 is 1.91 bits per heavy atom. The number of benzene rings is 4. The largest absolute Gasteiger partial charge is 0.451 e. The zero-order chi connectivity index (χ0) is 33.5. The number of likely N-dealkylation sites (tertiary alicyclic amines) is 1. The number of nitrogens with zero attached hydrogens (tertiary/aromatic N) is 2. The van der Waals surface area contributed by atoms with E-state index < -0.39 is 51.2 Å². The average Bonchev–Trinajstić information content (AvgIpc) is 3.08. The number of hydrogen-bond acceptors (Lipinski definition) is 7. The van der Waals surface area contributed by atoms with Crippen LogP contribution in [0.4, 0.5) is 0 Å². The van der Waals surface area contributed by atoms with Crippen LogP contribution in [0.3, 0.4) is 0 Å². The Kier molecular flexibility index (Phi) is 11.0. The van der Waals surface area contributed by atoms with Gasteiger partial charge in [0.05, 0.1) is 0 Å². The summed E-state index contributed by atoms with van der Waals surface area (Å²) in [5, 5.41) is -0.154. The summed E-state index contributed by atoms with van der Waals surface area (Å²) in [6, 6.07) is 32.5. The Balaban J connectivity index is 1.48. The van der Waals surface area contributed by atoms with Crippen molar-refractivity contribution in [3.05, 3.63) is 150 Å². The highest BCUT2D eigenvalue weighted by Crippen LogP contribution is 2.38. The van der Waals surface area contributed by atoms with Gasteiger partial charge in [0.25, 0.3) is 11.8 Å². The van der Waals surface area contributed by atoms with Crippen LogP contribution >= 0.6 is 10.8 Å². The quantitative estimate of drug-likeness (QED) is 0.0525. The lowest BCUT2D eigenvalue weighted by molar-refractivity contribution is -0.194. The van der Waals surface area contributed by atoms with E-state index in [1.807, 2.05) is 110 Å². The molecule has 4 aromatic carbocycles. The van der Waals surface area contributed by atoms with E-state index in [-0.39, 0.29) is 0 Å². The number of rotatable bonds is 13. The summed E-state index contributed by atoms with van der Waals surface area (Å²) in [5.41, 5.74) is 3.73. The highest BCUT2D eigenvalue weighted by atomic mass is 33.1. The van der Waals surface area contributed by atoms with Gasteiger partial charge < -0.3 is 14.5 Å². The molecular formula is C37H36N2O6S2. The molecule has 0 aromatic heterocycles. The summed E-state index contributed by atoms with van der Waals surface area (Å²) in [4.78, 5) is 48.3. The lowest BCUT2D eigenvalue weighted by atomic mass is 9.98. The normalized spacial score (nSPS) is 16.9. The molecule has 0 radical (unpaired) electrons. The molecular weight excluding hydrogens is 633 g/mol. The highest BCUT2D eigenvalue weighted by molar-refractivity contribution is 8.69. The zero-order valence-electron chi connectivity index (χ0n) is 26.4. The summed E-state index contributed by atoms with van der Waals surface area (Å²) in [5.74, 6) is -1.17. The monoisotopic (exact) mass is 668 g/mol. The first-order chi connectivity index (χ1) is 22.7. The minimum atomic E-state index is -1.80. The minimum Gasteiger partial charge on any atom is -0.451 e. The van der Waals surface area contributed by atoms with Crippen LogP contribution in [0.15, 0.2) is 127 Å². The van der Waals surface area contributed by atoms with Gasteiger partial charge in [0.15, 0.2) is 29.3 Å². The molecule has 0 bridgehead atoms. The van der Waals surface area contributed by atoms with Gasteiger partial charge in [-0.3, -0.25) is 9.59 Å². The van der Waals surface area contributed by atoms with Gasteiger partial charge >= 0.3 is 5.97 Å². The third-order valence-electron chi connectivity index (χ3n) is 7.63. The molecule has 0 aliphatic carbocycles. The minimum absolute atomic E-state index is 0.325. The molecule has 0 N–H and O–H groups in total. The predicted molar refractivity (Wildman–Crippen MR) is 184 cm³/mol. The second-order valence-electron chi connectivity index (χ2n) is 11.2. The van der Waals surface area contributed by atoms with Gasteiger partial charge in [-0.05, 0) is 48.2 Å². The number of carbonyl (C=O) groups is 3. The van der Waals surface area contributed by atoms with Crippen LogP contribution in [-0.4, -0.2) is 49.4 Å². The molecule has 47 heavy (non-hydrogen) atoms.